The molecule has 0 fully saturated rings. The molecule has 0 bridgehead atoms. The van der Waals surface area contributed by atoms with Gasteiger partial charge in [0.25, 0.3) is 0 Å². The number of hydrogen-bond acceptors (Lipinski definition) is 1. The largest absolute Gasteiger partial charge is 0.388 e. The van der Waals surface area contributed by atoms with Crippen molar-refractivity contribution < 1.29 is 5.11 Å². The maximum Gasteiger partial charge on any atom is 0.0794 e. The van der Waals surface area contributed by atoms with Crippen LogP contribution >= 0.6 is 15.9 Å². The Morgan fingerprint density at radius 1 is 1.55 bits per heavy atom. The van der Waals surface area contributed by atoms with E-state index in [0.717, 1.165) is 15.6 Å². The normalized spacial score (nSPS) is 13.1. The van der Waals surface area contributed by atoms with Crippen molar-refractivity contribution in [2.75, 3.05) is 0 Å². The average molecular weight is 214 g/mol. The third-order valence-corrected chi connectivity index (χ3v) is 2.53. The highest BCUT2D eigenvalue weighted by molar-refractivity contribution is 9.10. The van der Waals surface area contributed by atoms with Crippen LogP contribution < -0.4 is 0 Å². The minimum absolute atomic E-state index is 0.632. The van der Waals surface area contributed by atoms with E-state index >= 15 is 0 Å². The van der Waals surface area contributed by atoms with Crippen molar-refractivity contribution in [1.82, 2.24) is 0 Å². The summed E-state index contributed by atoms with van der Waals surface area (Å²) in [5.41, 5.74) is 1.93. The Balaban J connectivity index is 3.17. The predicted molar refractivity (Wildman–Crippen MR) is 49.2 cm³/mol. The van der Waals surface area contributed by atoms with Crippen LogP contribution in [-0.2, 0) is 0 Å². The molecule has 0 aliphatic rings. The molecule has 1 N–H and O–H groups in total. The smallest absolute Gasteiger partial charge is 0.0794 e. The third-order valence-electron chi connectivity index (χ3n) is 1.67. The SMILES string of the molecule is [CH2]C(O)c1cccc(Br)c1C. The predicted octanol–water partition coefficient (Wildman–Crippen LogP) is 2.63. The number of halogens is 1. The molecule has 1 nitrogen and oxygen atoms in total. The van der Waals surface area contributed by atoms with Gasteiger partial charge in [-0.25, -0.2) is 0 Å². The number of benzene rings is 1. The average Bonchev–Trinajstić information content (AvgIpc) is 1.94. The fourth-order valence-electron chi connectivity index (χ4n) is 0.985. The van der Waals surface area contributed by atoms with Crippen molar-refractivity contribution >= 4 is 15.9 Å². The molecule has 0 amide bonds. The summed E-state index contributed by atoms with van der Waals surface area (Å²) in [6.07, 6.45) is -0.632. The molecule has 0 spiro atoms. The Labute approximate surface area is 75.2 Å². The summed E-state index contributed by atoms with van der Waals surface area (Å²) in [5, 5.41) is 9.20. The zero-order valence-corrected chi connectivity index (χ0v) is 7.93. The molecular weight excluding hydrogens is 204 g/mol. The second-order valence-electron chi connectivity index (χ2n) is 2.47. The lowest BCUT2D eigenvalue weighted by molar-refractivity contribution is 0.225. The van der Waals surface area contributed by atoms with Crippen LogP contribution in [0.4, 0.5) is 0 Å². The van der Waals surface area contributed by atoms with Crippen LogP contribution in [0.15, 0.2) is 22.7 Å². The van der Waals surface area contributed by atoms with Gasteiger partial charge in [0.05, 0.1) is 6.10 Å². The van der Waals surface area contributed by atoms with Crippen molar-refractivity contribution in [3.05, 3.63) is 40.7 Å². The van der Waals surface area contributed by atoms with Crippen molar-refractivity contribution in [2.45, 2.75) is 13.0 Å². The number of aliphatic hydroxyl groups excluding tert-OH is 1. The fourth-order valence-corrected chi connectivity index (χ4v) is 1.37. The summed E-state index contributed by atoms with van der Waals surface area (Å²) in [6.45, 7) is 5.50. The third kappa shape index (κ3) is 1.82. The molecule has 1 unspecified atom stereocenters. The molecule has 1 rings (SSSR count). The molecule has 59 valence electrons. The van der Waals surface area contributed by atoms with Gasteiger partial charge in [0.15, 0.2) is 0 Å². The van der Waals surface area contributed by atoms with Gasteiger partial charge in [-0.2, -0.15) is 0 Å². The van der Waals surface area contributed by atoms with Gasteiger partial charge >= 0.3 is 0 Å². The Hall–Kier alpha value is -0.340. The van der Waals surface area contributed by atoms with E-state index in [1.165, 1.54) is 0 Å². The summed E-state index contributed by atoms with van der Waals surface area (Å²) < 4.78 is 1.01. The maximum atomic E-state index is 9.20. The number of aliphatic hydroxyl groups is 1. The van der Waals surface area contributed by atoms with Crippen LogP contribution in [0, 0.1) is 13.8 Å². The van der Waals surface area contributed by atoms with E-state index in [1.807, 2.05) is 25.1 Å². The lowest BCUT2D eigenvalue weighted by atomic mass is 10.1. The summed E-state index contributed by atoms with van der Waals surface area (Å²) in [5.74, 6) is 0. The Bertz CT molecular complexity index is 256. The van der Waals surface area contributed by atoms with Gasteiger partial charge in [0, 0.05) is 4.47 Å². The van der Waals surface area contributed by atoms with E-state index < -0.39 is 6.10 Å². The molecule has 0 saturated heterocycles. The van der Waals surface area contributed by atoms with Gasteiger partial charge in [0.2, 0.25) is 0 Å². The Kier molecular flexibility index (Phi) is 2.68. The fraction of sp³-hybridized carbons (Fsp3) is 0.222. The van der Waals surface area contributed by atoms with Crippen LogP contribution in [0.2, 0.25) is 0 Å². The van der Waals surface area contributed by atoms with E-state index in [-0.39, 0.29) is 0 Å². The Morgan fingerprint density at radius 3 is 2.64 bits per heavy atom. The molecule has 0 saturated carbocycles. The summed E-state index contributed by atoms with van der Waals surface area (Å²) in [4.78, 5) is 0. The molecule has 1 atom stereocenters. The van der Waals surface area contributed by atoms with E-state index in [0.29, 0.717) is 0 Å². The summed E-state index contributed by atoms with van der Waals surface area (Å²) in [6, 6.07) is 5.71. The number of hydrogen-bond donors (Lipinski definition) is 1. The van der Waals surface area contributed by atoms with Crippen LogP contribution in [0.3, 0.4) is 0 Å². The van der Waals surface area contributed by atoms with Crippen LogP contribution in [0.25, 0.3) is 0 Å². The second-order valence-corrected chi connectivity index (χ2v) is 3.32. The van der Waals surface area contributed by atoms with Crippen molar-refractivity contribution in [3.63, 3.8) is 0 Å². The van der Waals surface area contributed by atoms with Gasteiger partial charge in [-0.3, -0.25) is 0 Å². The lowest BCUT2D eigenvalue weighted by Gasteiger charge is -2.09. The van der Waals surface area contributed by atoms with E-state index in [9.17, 15) is 5.11 Å². The zero-order chi connectivity index (χ0) is 8.43. The highest BCUT2D eigenvalue weighted by Crippen LogP contribution is 2.23. The topological polar surface area (TPSA) is 20.2 Å². The first-order valence-corrected chi connectivity index (χ1v) is 4.18. The standard InChI is InChI=1S/C9H10BrO/c1-6-8(7(2)11)4-3-5-9(6)10/h3-5,7,11H,2H2,1H3. The quantitative estimate of drug-likeness (QED) is 0.761. The van der Waals surface area contributed by atoms with E-state index in [1.54, 1.807) is 0 Å². The van der Waals surface area contributed by atoms with Gasteiger partial charge < -0.3 is 5.11 Å². The molecule has 1 aromatic carbocycles. The second kappa shape index (κ2) is 3.37. The lowest BCUT2D eigenvalue weighted by Crippen LogP contribution is -1.94. The first-order chi connectivity index (χ1) is 5.13. The zero-order valence-electron chi connectivity index (χ0n) is 6.34. The Morgan fingerprint density at radius 2 is 2.18 bits per heavy atom. The van der Waals surface area contributed by atoms with Crippen molar-refractivity contribution in [3.8, 4) is 0 Å². The number of rotatable bonds is 1. The van der Waals surface area contributed by atoms with Gasteiger partial charge in [-0.1, -0.05) is 28.1 Å². The summed E-state index contributed by atoms with van der Waals surface area (Å²) >= 11 is 3.38. The molecule has 0 aromatic heterocycles. The monoisotopic (exact) mass is 213 g/mol. The molecule has 11 heavy (non-hydrogen) atoms. The molecule has 2 heteroatoms. The molecule has 0 aliphatic heterocycles. The minimum atomic E-state index is -0.632. The molecular formula is C9H10BrO. The summed E-state index contributed by atoms with van der Waals surface area (Å²) in [7, 11) is 0. The van der Waals surface area contributed by atoms with Crippen LogP contribution in [-0.4, -0.2) is 5.11 Å². The first-order valence-electron chi connectivity index (χ1n) is 3.39. The van der Waals surface area contributed by atoms with Crippen LogP contribution in [0.5, 0.6) is 0 Å². The van der Waals surface area contributed by atoms with Gasteiger partial charge in [-0.05, 0) is 31.0 Å². The van der Waals surface area contributed by atoms with Gasteiger partial charge in [-0.15, -0.1) is 0 Å². The maximum absolute atomic E-state index is 9.20. The van der Waals surface area contributed by atoms with Crippen molar-refractivity contribution in [2.24, 2.45) is 0 Å². The van der Waals surface area contributed by atoms with E-state index in [2.05, 4.69) is 22.9 Å². The molecule has 0 aliphatic carbocycles. The minimum Gasteiger partial charge on any atom is -0.388 e. The molecule has 0 heterocycles. The van der Waals surface area contributed by atoms with Crippen molar-refractivity contribution in [1.29, 1.82) is 0 Å². The van der Waals surface area contributed by atoms with Gasteiger partial charge in [0.1, 0.15) is 0 Å². The van der Waals surface area contributed by atoms with E-state index in [4.69, 9.17) is 0 Å². The molecule has 1 aromatic rings. The first kappa shape index (κ1) is 8.75. The van der Waals surface area contributed by atoms with Crippen LogP contribution in [0.1, 0.15) is 17.2 Å². The highest BCUT2D eigenvalue weighted by atomic mass is 79.9. The molecule has 1 radical (unpaired) electrons. The highest BCUT2D eigenvalue weighted by Gasteiger charge is 2.05.